The van der Waals surface area contributed by atoms with Gasteiger partial charge in [-0.25, -0.2) is 8.42 Å². The zero-order valence-corrected chi connectivity index (χ0v) is 12.7. The zero-order chi connectivity index (χ0) is 16.0. The summed E-state index contributed by atoms with van der Waals surface area (Å²) < 4.78 is 26.0. The van der Waals surface area contributed by atoms with E-state index in [2.05, 4.69) is 0 Å². The number of sulfonamides is 1. The van der Waals surface area contributed by atoms with Crippen LogP contribution >= 0.6 is 0 Å². The molecule has 2 aromatic carbocycles. The Balaban J connectivity index is 2.20. The van der Waals surface area contributed by atoms with Gasteiger partial charge in [0.2, 0.25) is 10.0 Å². The predicted octanol–water partition coefficient (Wildman–Crippen LogP) is 0.670. The topological polar surface area (TPSA) is 77.5 Å². The molecule has 0 aromatic heterocycles. The lowest BCUT2D eigenvalue weighted by atomic mass is 10.1. The van der Waals surface area contributed by atoms with Gasteiger partial charge >= 0.3 is 0 Å². The Bertz CT molecular complexity index is 714. The normalized spacial score (nSPS) is 11.5. The number of carbonyl (C=O) groups excluding carboxylic acids is 1. The van der Waals surface area contributed by atoms with Gasteiger partial charge in [-0.05, 0) is 24.1 Å². The first-order valence-corrected chi connectivity index (χ1v) is 8.23. The molecule has 116 valence electrons. The van der Waals surface area contributed by atoms with Crippen molar-refractivity contribution < 1.29 is 18.3 Å². The fraction of sp³-hybridized carbons (Fsp3) is 0.188. The molecule has 6 heteroatoms. The van der Waals surface area contributed by atoms with Gasteiger partial charge in [0, 0.05) is 6.54 Å². The quantitative estimate of drug-likeness (QED) is 0.752. The first-order valence-electron chi connectivity index (χ1n) is 6.79. The highest BCUT2D eigenvalue weighted by Gasteiger charge is 2.23. The molecule has 0 fully saturated rings. The van der Waals surface area contributed by atoms with Gasteiger partial charge in [0.25, 0.3) is 0 Å². The van der Waals surface area contributed by atoms with Gasteiger partial charge < -0.3 is 9.90 Å². The van der Waals surface area contributed by atoms with E-state index in [-0.39, 0.29) is 11.4 Å². The summed E-state index contributed by atoms with van der Waals surface area (Å²) in [6.07, 6.45) is 0.431. The molecule has 0 aliphatic heterocycles. The third kappa shape index (κ3) is 4.16. The lowest BCUT2D eigenvalue weighted by molar-refractivity contribution is -0.305. The average molecular weight is 318 g/mol. The lowest BCUT2D eigenvalue weighted by Crippen LogP contribution is -2.42. The van der Waals surface area contributed by atoms with Crippen LogP contribution in [0.2, 0.25) is 0 Å². The molecule has 0 amide bonds. The summed E-state index contributed by atoms with van der Waals surface area (Å²) in [5.74, 6) is -1.42. The van der Waals surface area contributed by atoms with Gasteiger partial charge in [-0.15, -0.1) is 0 Å². The Morgan fingerprint density at radius 2 is 1.50 bits per heavy atom. The van der Waals surface area contributed by atoms with E-state index < -0.39 is 22.5 Å². The second-order valence-corrected chi connectivity index (χ2v) is 6.70. The molecule has 0 unspecified atom stereocenters. The number of benzene rings is 2. The maximum atomic E-state index is 12.5. The zero-order valence-electron chi connectivity index (χ0n) is 11.9. The van der Waals surface area contributed by atoms with Crippen LogP contribution in [-0.4, -0.2) is 31.8 Å². The van der Waals surface area contributed by atoms with Gasteiger partial charge in [-0.1, -0.05) is 48.5 Å². The van der Waals surface area contributed by atoms with Crippen LogP contribution in [-0.2, 0) is 21.2 Å². The van der Waals surface area contributed by atoms with Gasteiger partial charge in [-0.3, -0.25) is 0 Å². The second kappa shape index (κ2) is 7.20. The summed E-state index contributed by atoms with van der Waals surface area (Å²) in [4.78, 5) is 11.0. The summed E-state index contributed by atoms with van der Waals surface area (Å²) in [6.45, 7) is -0.584. The molecule has 0 bridgehead atoms. The highest BCUT2D eigenvalue weighted by atomic mass is 32.2. The Hall–Kier alpha value is -2.18. The van der Waals surface area contributed by atoms with Crippen LogP contribution in [0.1, 0.15) is 5.56 Å². The summed E-state index contributed by atoms with van der Waals surface area (Å²) in [6, 6.07) is 17.1. The molecular formula is C16H16NO4S-. The van der Waals surface area contributed by atoms with Crippen LogP contribution < -0.4 is 5.11 Å². The second-order valence-electron chi connectivity index (χ2n) is 4.76. The van der Waals surface area contributed by atoms with Crippen molar-refractivity contribution in [3.05, 3.63) is 66.2 Å². The van der Waals surface area contributed by atoms with Crippen LogP contribution in [0, 0.1) is 0 Å². The Morgan fingerprint density at radius 3 is 2.05 bits per heavy atom. The van der Waals surface area contributed by atoms with E-state index >= 15 is 0 Å². The van der Waals surface area contributed by atoms with Gasteiger partial charge in [0.1, 0.15) is 0 Å². The molecule has 22 heavy (non-hydrogen) atoms. The molecule has 2 rings (SSSR count). The van der Waals surface area contributed by atoms with Crippen molar-refractivity contribution in [2.24, 2.45) is 0 Å². The monoisotopic (exact) mass is 318 g/mol. The summed E-state index contributed by atoms with van der Waals surface area (Å²) in [5.41, 5.74) is 0.939. The fourth-order valence-corrected chi connectivity index (χ4v) is 3.47. The Morgan fingerprint density at radius 1 is 0.955 bits per heavy atom. The van der Waals surface area contributed by atoms with Crippen molar-refractivity contribution in [2.75, 3.05) is 13.1 Å². The Labute approximate surface area is 129 Å². The number of hydrogen-bond donors (Lipinski definition) is 0. The molecule has 0 atom stereocenters. The van der Waals surface area contributed by atoms with E-state index in [0.717, 1.165) is 9.87 Å². The van der Waals surface area contributed by atoms with Crippen molar-refractivity contribution in [2.45, 2.75) is 11.3 Å². The summed E-state index contributed by atoms with van der Waals surface area (Å²) in [7, 11) is -3.85. The third-order valence-corrected chi connectivity index (χ3v) is 5.04. The number of hydrogen-bond acceptors (Lipinski definition) is 4. The van der Waals surface area contributed by atoms with Crippen LogP contribution in [0.4, 0.5) is 0 Å². The van der Waals surface area contributed by atoms with Crippen molar-refractivity contribution >= 4 is 16.0 Å². The summed E-state index contributed by atoms with van der Waals surface area (Å²) >= 11 is 0. The average Bonchev–Trinajstić information content (AvgIpc) is 2.53. The Kier molecular flexibility index (Phi) is 5.30. The molecule has 0 heterocycles. The first kappa shape index (κ1) is 16.2. The number of nitrogens with zero attached hydrogens (tertiary/aromatic N) is 1. The minimum absolute atomic E-state index is 0.0734. The molecule has 0 saturated heterocycles. The molecule has 0 radical (unpaired) electrons. The van der Waals surface area contributed by atoms with E-state index in [1.54, 1.807) is 18.2 Å². The predicted molar refractivity (Wildman–Crippen MR) is 80.4 cm³/mol. The van der Waals surface area contributed by atoms with Crippen molar-refractivity contribution in [3.63, 3.8) is 0 Å². The largest absolute Gasteiger partial charge is 0.549 e. The van der Waals surface area contributed by atoms with Crippen molar-refractivity contribution in [3.8, 4) is 0 Å². The molecule has 0 spiro atoms. The summed E-state index contributed by atoms with van der Waals surface area (Å²) in [5, 5.41) is 10.9. The number of carboxylic acid groups (broad SMARTS) is 1. The van der Waals surface area contributed by atoms with E-state index in [4.69, 9.17) is 0 Å². The van der Waals surface area contributed by atoms with Gasteiger partial charge in [0.05, 0.1) is 17.4 Å². The number of rotatable bonds is 7. The fourth-order valence-electron chi connectivity index (χ4n) is 2.07. The van der Waals surface area contributed by atoms with E-state index in [1.807, 2.05) is 30.3 Å². The van der Waals surface area contributed by atoms with Gasteiger partial charge in [-0.2, -0.15) is 4.31 Å². The minimum Gasteiger partial charge on any atom is -0.549 e. The molecule has 2 aromatic rings. The van der Waals surface area contributed by atoms with E-state index in [9.17, 15) is 18.3 Å². The number of carbonyl (C=O) groups is 1. The standard InChI is InChI=1S/C16H17NO4S/c18-16(19)13-17(12-11-14-7-3-1-4-8-14)22(20,21)15-9-5-2-6-10-15/h1-10H,11-13H2,(H,18,19)/p-1. The van der Waals surface area contributed by atoms with Gasteiger partial charge in [0.15, 0.2) is 0 Å². The molecule has 0 saturated carbocycles. The smallest absolute Gasteiger partial charge is 0.243 e. The molecular weight excluding hydrogens is 302 g/mol. The molecule has 0 aliphatic rings. The van der Waals surface area contributed by atoms with Crippen LogP contribution in [0.15, 0.2) is 65.6 Å². The van der Waals surface area contributed by atoms with Crippen LogP contribution in [0.25, 0.3) is 0 Å². The van der Waals surface area contributed by atoms with Crippen LogP contribution in [0.3, 0.4) is 0 Å². The van der Waals surface area contributed by atoms with Crippen molar-refractivity contribution in [1.82, 2.24) is 4.31 Å². The number of aliphatic carboxylic acids is 1. The highest BCUT2D eigenvalue weighted by molar-refractivity contribution is 7.89. The molecule has 5 nitrogen and oxygen atoms in total. The van der Waals surface area contributed by atoms with Crippen molar-refractivity contribution in [1.29, 1.82) is 0 Å². The minimum atomic E-state index is -3.85. The lowest BCUT2D eigenvalue weighted by Gasteiger charge is -2.22. The van der Waals surface area contributed by atoms with E-state index in [0.29, 0.717) is 6.42 Å². The molecule has 0 aliphatic carbocycles. The highest BCUT2D eigenvalue weighted by Crippen LogP contribution is 2.15. The van der Waals surface area contributed by atoms with E-state index in [1.165, 1.54) is 12.1 Å². The molecule has 0 N–H and O–H groups in total. The first-order chi connectivity index (χ1) is 10.5. The third-order valence-electron chi connectivity index (χ3n) is 3.18. The number of carboxylic acids is 1. The SMILES string of the molecule is O=C([O-])CN(CCc1ccccc1)S(=O)(=O)c1ccccc1. The maximum absolute atomic E-state index is 12.5. The van der Waals surface area contributed by atoms with Crippen LogP contribution in [0.5, 0.6) is 0 Å². The maximum Gasteiger partial charge on any atom is 0.243 e.